The van der Waals surface area contributed by atoms with E-state index in [9.17, 15) is 9.59 Å². The van der Waals surface area contributed by atoms with Crippen LogP contribution in [0.5, 0.6) is 0 Å². The van der Waals surface area contributed by atoms with Gasteiger partial charge in [-0.1, -0.05) is 64.5 Å². The Kier molecular flexibility index (Phi) is 6.07. The molecule has 0 spiro atoms. The van der Waals surface area contributed by atoms with Crippen LogP contribution in [0, 0.1) is 0 Å². The highest BCUT2D eigenvalue weighted by molar-refractivity contribution is 9.10. The summed E-state index contributed by atoms with van der Waals surface area (Å²) >= 11 is 3.43. The van der Waals surface area contributed by atoms with Gasteiger partial charge in [0.05, 0.1) is 29.7 Å². The molecule has 1 fully saturated rings. The molecule has 0 radical (unpaired) electrons. The first-order valence-electron chi connectivity index (χ1n) is 10.9. The van der Waals surface area contributed by atoms with Crippen LogP contribution in [0.4, 0.5) is 5.95 Å². The van der Waals surface area contributed by atoms with Crippen molar-refractivity contribution in [2.45, 2.75) is 31.6 Å². The molecule has 33 heavy (non-hydrogen) atoms. The Hall–Kier alpha value is -3.29. The molecular weight excluding hydrogens is 482 g/mol. The fourth-order valence-electron chi connectivity index (χ4n) is 4.18. The van der Waals surface area contributed by atoms with E-state index < -0.39 is 0 Å². The van der Waals surface area contributed by atoms with Gasteiger partial charge >= 0.3 is 0 Å². The molecule has 1 unspecified atom stereocenters. The predicted octanol–water partition coefficient (Wildman–Crippen LogP) is 5.33. The van der Waals surface area contributed by atoms with Gasteiger partial charge in [0.1, 0.15) is 0 Å². The summed E-state index contributed by atoms with van der Waals surface area (Å²) in [6.07, 6.45) is 1.54. The molecule has 0 bridgehead atoms. The molecule has 0 aliphatic carbocycles. The number of benzene rings is 3. The number of hydrogen-bond acceptors (Lipinski definition) is 4. The van der Waals surface area contributed by atoms with Crippen LogP contribution in [0.25, 0.3) is 10.9 Å². The molecule has 2 heterocycles. The topological polar surface area (TPSA) is 73.2 Å². The largest absolute Gasteiger partial charge is 0.368 e. The van der Waals surface area contributed by atoms with Gasteiger partial charge in [-0.2, -0.15) is 0 Å². The monoisotopic (exact) mass is 503 g/mol. The average Bonchev–Trinajstić information content (AvgIpc) is 3.31. The Balaban J connectivity index is 1.48. The lowest BCUT2D eigenvalue weighted by Crippen LogP contribution is -2.31. The number of halogens is 1. The third-order valence-corrected chi connectivity index (χ3v) is 6.34. The van der Waals surface area contributed by atoms with E-state index in [2.05, 4.69) is 38.4 Å². The van der Waals surface area contributed by atoms with Crippen LogP contribution in [-0.2, 0) is 11.3 Å². The van der Waals surface area contributed by atoms with Gasteiger partial charge in [-0.3, -0.25) is 19.5 Å². The maximum absolute atomic E-state index is 13.4. The van der Waals surface area contributed by atoms with Gasteiger partial charge in [-0.25, -0.2) is 4.98 Å². The minimum atomic E-state index is -0.319. The number of carbonyl (C=O) groups excluding carboxylic acids is 1. The van der Waals surface area contributed by atoms with E-state index in [0.29, 0.717) is 23.0 Å². The highest BCUT2D eigenvalue weighted by Gasteiger charge is 2.28. The summed E-state index contributed by atoms with van der Waals surface area (Å²) in [5, 5.41) is 3.33. The van der Waals surface area contributed by atoms with Crippen LogP contribution in [0.1, 0.15) is 34.9 Å². The first-order valence-corrected chi connectivity index (χ1v) is 11.6. The van der Waals surface area contributed by atoms with Crippen molar-refractivity contribution in [1.29, 1.82) is 0 Å². The third-order valence-electron chi connectivity index (χ3n) is 5.84. The second-order valence-corrected chi connectivity index (χ2v) is 8.98. The van der Waals surface area contributed by atoms with Crippen LogP contribution in [0.2, 0.25) is 0 Å². The summed E-state index contributed by atoms with van der Waals surface area (Å²) in [5.41, 5.74) is 1.94. The number of rotatable bonds is 5. The molecule has 1 aliphatic rings. The van der Waals surface area contributed by atoms with Crippen molar-refractivity contribution >= 4 is 38.7 Å². The summed E-state index contributed by atoms with van der Waals surface area (Å²) in [5.74, 6) is -0.105. The van der Waals surface area contributed by atoms with E-state index in [1.165, 1.54) is 4.57 Å². The zero-order valence-electron chi connectivity index (χ0n) is 17.8. The average molecular weight is 504 g/mol. The van der Waals surface area contributed by atoms with Crippen molar-refractivity contribution in [1.82, 2.24) is 9.55 Å². The highest BCUT2D eigenvalue weighted by atomic mass is 79.9. The van der Waals surface area contributed by atoms with Gasteiger partial charge < -0.3 is 4.74 Å². The van der Waals surface area contributed by atoms with E-state index in [1.54, 1.807) is 36.4 Å². The van der Waals surface area contributed by atoms with Crippen molar-refractivity contribution in [3.63, 3.8) is 0 Å². The fourth-order valence-corrected chi connectivity index (χ4v) is 4.53. The molecular formula is C26H22BrN3O3. The van der Waals surface area contributed by atoms with E-state index >= 15 is 0 Å². The summed E-state index contributed by atoms with van der Waals surface area (Å²) in [6.45, 7) is 0.311. The SMILES string of the molecule is O=C(Nc1nc2cc(Br)ccc2c(=O)n1C[C@@H]1CCC(c2ccccc2)O1)c1ccccc1. The second-order valence-electron chi connectivity index (χ2n) is 8.07. The first-order chi connectivity index (χ1) is 16.1. The van der Waals surface area contributed by atoms with Crippen LogP contribution >= 0.6 is 15.9 Å². The van der Waals surface area contributed by atoms with Crippen LogP contribution < -0.4 is 10.9 Å². The summed E-state index contributed by atoms with van der Waals surface area (Å²) < 4.78 is 8.61. The van der Waals surface area contributed by atoms with Gasteiger partial charge in [-0.15, -0.1) is 0 Å². The number of carbonyl (C=O) groups is 1. The smallest absolute Gasteiger partial charge is 0.262 e. The third kappa shape index (κ3) is 4.60. The van der Waals surface area contributed by atoms with Gasteiger partial charge in [0, 0.05) is 10.0 Å². The first kappa shape index (κ1) is 21.6. The van der Waals surface area contributed by atoms with Gasteiger partial charge in [0.15, 0.2) is 0 Å². The number of aromatic nitrogens is 2. The van der Waals surface area contributed by atoms with E-state index in [-0.39, 0.29) is 29.6 Å². The fraction of sp³-hybridized carbons (Fsp3) is 0.192. The number of hydrogen-bond donors (Lipinski definition) is 1. The van der Waals surface area contributed by atoms with Gasteiger partial charge in [0.2, 0.25) is 5.95 Å². The standard InChI is InChI=1S/C26H22BrN3O3/c27-19-11-13-21-22(15-19)28-26(29-24(31)18-9-5-2-6-10-18)30(25(21)32)16-20-12-14-23(33-20)17-7-3-1-4-8-17/h1-11,13,15,20,23H,12,14,16H2,(H,28,29,31)/t20-,23?/m0/s1. The Morgan fingerprint density at radius 3 is 2.52 bits per heavy atom. The lowest BCUT2D eigenvalue weighted by Gasteiger charge is -2.18. The van der Waals surface area contributed by atoms with Crippen molar-refractivity contribution in [2.75, 3.05) is 5.32 Å². The number of anilines is 1. The molecule has 4 aromatic rings. The Morgan fingerprint density at radius 1 is 1.03 bits per heavy atom. The van der Waals surface area contributed by atoms with Crippen LogP contribution in [0.15, 0.2) is 88.1 Å². The molecule has 1 N–H and O–H groups in total. The van der Waals surface area contributed by atoms with Crippen molar-refractivity contribution < 1.29 is 9.53 Å². The molecule has 1 aliphatic heterocycles. The number of fused-ring (bicyclic) bond motifs is 1. The minimum Gasteiger partial charge on any atom is -0.368 e. The lowest BCUT2D eigenvalue weighted by molar-refractivity contribution is 0.0347. The molecule has 1 saturated heterocycles. The Morgan fingerprint density at radius 2 is 1.76 bits per heavy atom. The molecule has 2 atom stereocenters. The number of amides is 1. The molecule has 1 aromatic heterocycles. The molecule has 6 nitrogen and oxygen atoms in total. The predicted molar refractivity (Wildman–Crippen MR) is 131 cm³/mol. The van der Waals surface area contributed by atoms with Crippen molar-refractivity contribution in [3.8, 4) is 0 Å². The van der Waals surface area contributed by atoms with E-state index in [4.69, 9.17) is 4.74 Å². The summed E-state index contributed by atoms with van der Waals surface area (Å²) in [6, 6.07) is 24.3. The second kappa shape index (κ2) is 9.29. The minimum absolute atomic E-state index is 0.00127. The number of nitrogens with one attached hydrogen (secondary N) is 1. The van der Waals surface area contributed by atoms with Crippen LogP contribution in [0.3, 0.4) is 0 Å². The van der Waals surface area contributed by atoms with E-state index in [1.807, 2.05) is 30.3 Å². The normalized spacial score (nSPS) is 17.8. The zero-order chi connectivity index (χ0) is 22.8. The molecule has 3 aromatic carbocycles. The number of ether oxygens (including phenoxy) is 1. The summed E-state index contributed by atoms with van der Waals surface area (Å²) in [4.78, 5) is 30.9. The van der Waals surface area contributed by atoms with Crippen molar-refractivity contribution in [3.05, 3.63) is 105 Å². The molecule has 0 saturated carbocycles. The highest BCUT2D eigenvalue weighted by Crippen LogP contribution is 2.33. The van der Waals surface area contributed by atoms with Gasteiger partial charge in [-0.05, 0) is 48.7 Å². The maximum Gasteiger partial charge on any atom is 0.262 e. The Bertz CT molecular complexity index is 1360. The molecule has 7 heteroatoms. The van der Waals surface area contributed by atoms with Crippen LogP contribution in [-0.4, -0.2) is 21.6 Å². The zero-order valence-corrected chi connectivity index (χ0v) is 19.4. The quantitative estimate of drug-likeness (QED) is 0.399. The van der Waals surface area contributed by atoms with Gasteiger partial charge in [0.25, 0.3) is 11.5 Å². The molecule has 166 valence electrons. The summed E-state index contributed by atoms with van der Waals surface area (Å²) in [7, 11) is 0. The maximum atomic E-state index is 13.4. The van der Waals surface area contributed by atoms with E-state index in [0.717, 1.165) is 22.9 Å². The number of nitrogens with zero attached hydrogens (tertiary/aromatic N) is 2. The lowest BCUT2D eigenvalue weighted by atomic mass is 10.1. The molecule has 1 amide bonds. The van der Waals surface area contributed by atoms with Crippen molar-refractivity contribution in [2.24, 2.45) is 0 Å². The molecule has 5 rings (SSSR count). The Labute approximate surface area is 199 Å².